The van der Waals surface area contributed by atoms with Crippen LogP contribution in [-0.2, 0) is 24.0 Å². The predicted molar refractivity (Wildman–Crippen MR) is 118 cm³/mol. The van der Waals surface area contributed by atoms with Gasteiger partial charge in [0.2, 0.25) is 11.5 Å². The summed E-state index contributed by atoms with van der Waals surface area (Å²) in [5, 5.41) is 23.6. The summed E-state index contributed by atoms with van der Waals surface area (Å²) >= 11 is 7.05. The Kier molecular flexibility index (Phi) is 7.72. The molecule has 0 aliphatic carbocycles. The highest BCUT2D eigenvalue weighted by atomic mass is 79.9. The van der Waals surface area contributed by atoms with E-state index < -0.39 is 40.7 Å². The lowest BCUT2D eigenvalue weighted by atomic mass is 10.0. The summed E-state index contributed by atoms with van der Waals surface area (Å²) in [5.41, 5.74) is 0.0148. The van der Waals surface area contributed by atoms with Crippen molar-refractivity contribution in [3.63, 3.8) is 0 Å². The Bertz CT molecular complexity index is 996. The molecule has 3 rings (SSSR count). The number of nitrogens with one attached hydrogen (secondary N) is 1. The maximum Gasteiger partial charge on any atom is 0.352 e. The van der Waals surface area contributed by atoms with Crippen molar-refractivity contribution in [3.05, 3.63) is 16.3 Å². The maximum atomic E-state index is 12.7. The van der Waals surface area contributed by atoms with Crippen molar-refractivity contribution < 1.29 is 29.1 Å². The van der Waals surface area contributed by atoms with Crippen LogP contribution < -0.4 is 5.32 Å². The van der Waals surface area contributed by atoms with Crippen LogP contribution in [0.25, 0.3) is 0 Å². The summed E-state index contributed by atoms with van der Waals surface area (Å²) in [6, 6.07) is -0.975. The van der Waals surface area contributed by atoms with E-state index in [9.17, 15) is 24.3 Å². The number of carbonyl (C=O) groups excluding carboxylic acids is 3. The molecule has 0 unspecified atom stereocenters. The second-order valence-electron chi connectivity index (χ2n) is 6.17. The van der Waals surface area contributed by atoms with E-state index in [4.69, 9.17) is 0 Å². The normalized spacial score (nSPS) is 20.8. The third-order valence-corrected chi connectivity index (χ3v) is 8.10. The number of nitrogens with zero attached hydrogens (tertiary/aromatic N) is 4. The highest BCUT2D eigenvalue weighted by Crippen LogP contribution is 2.41. The number of β-lactam (4-membered cyclic amide) rings is 1. The summed E-state index contributed by atoms with van der Waals surface area (Å²) in [7, 11) is 1.19. The quantitative estimate of drug-likeness (QED) is 0.112. The summed E-state index contributed by atoms with van der Waals surface area (Å²) in [5.74, 6) is -2.55. The number of aromatic nitrogens is 2. The van der Waals surface area contributed by atoms with Crippen LogP contribution in [0, 0.1) is 6.92 Å². The van der Waals surface area contributed by atoms with Gasteiger partial charge in [0.05, 0.1) is 5.33 Å². The molecule has 0 spiro atoms. The molecule has 1 aromatic rings. The van der Waals surface area contributed by atoms with Crippen molar-refractivity contribution in [1.29, 1.82) is 0 Å². The number of Topliss-reactive ketones (excluding diaryl/α,β-unsaturated/α-hetero) is 1. The van der Waals surface area contributed by atoms with Crippen molar-refractivity contribution in [2.75, 3.05) is 23.9 Å². The molecule has 2 N–H and O–H groups in total. The average Bonchev–Trinajstić information content (AvgIpc) is 3.17. The number of fused-ring (bicyclic) bond motifs is 1. The molecule has 3 heterocycles. The zero-order chi connectivity index (χ0) is 22.7. The molecule has 0 saturated carbocycles. The van der Waals surface area contributed by atoms with E-state index in [1.54, 1.807) is 0 Å². The first-order chi connectivity index (χ1) is 14.8. The summed E-state index contributed by atoms with van der Waals surface area (Å²) in [6.07, 6.45) is 0. The third kappa shape index (κ3) is 4.94. The molecule has 11 nitrogen and oxygen atoms in total. The Labute approximate surface area is 197 Å². The largest absolute Gasteiger partial charge is 0.477 e. The van der Waals surface area contributed by atoms with Gasteiger partial charge in [0, 0.05) is 11.5 Å². The lowest BCUT2D eigenvalue weighted by molar-refractivity contribution is -0.150. The number of carboxylic acid groups (broad SMARTS) is 1. The van der Waals surface area contributed by atoms with Crippen LogP contribution in [0.5, 0.6) is 0 Å². The van der Waals surface area contributed by atoms with E-state index in [2.05, 4.69) is 41.4 Å². The van der Waals surface area contributed by atoms with E-state index in [1.165, 1.54) is 46.9 Å². The Morgan fingerprint density at radius 1 is 1.42 bits per heavy atom. The van der Waals surface area contributed by atoms with Crippen molar-refractivity contribution in [3.8, 4) is 0 Å². The number of ketones is 1. The summed E-state index contributed by atoms with van der Waals surface area (Å²) in [6.45, 7) is 1.83. The van der Waals surface area contributed by atoms with Crippen LogP contribution in [0.15, 0.2) is 20.8 Å². The number of hydrogen-bond donors (Lipinski definition) is 2. The van der Waals surface area contributed by atoms with E-state index in [0.717, 1.165) is 5.01 Å². The molecule has 2 aliphatic heterocycles. The molecule has 0 bridgehead atoms. The van der Waals surface area contributed by atoms with Gasteiger partial charge >= 0.3 is 5.97 Å². The van der Waals surface area contributed by atoms with Gasteiger partial charge in [-0.25, -0.2) is 4.79 Å². The number of halogens is 1. The summed E-state index contributed by atoms with van der Waals surface area (Å²) in [4.78, 5) is 54.6. The second-order valence-corrected chi connectivity index (χ2v) is 10.2. The van der Waals surface area contributed by atoms with Gasteiger partial charge in [-0.1, -0.05) is 44.2 Å². The minimum atomic E-state index is -1.22. The smallest absolute Gasteiger partial charge is 0.352 e. The minimum Gasteiger partial charge on any atom is -0.477 e. The van der Waals surface area contributed by atoms with Crippen molar-refractivity contribution in [1.82, 2.24) is 20.4 Å². The number of amides is 2. The van der Waals surface area contributed by atoms with Crippen LogP contribution in [0.4, 0.5) is 0 Å². The molecule has 166 valence electrons. The molecule has 1 saturated heterocycles. The van der Waals surface area contributed by atoms with Crippen molar-refractivity contribution >= 4 is 80.1 Å². The van der Waals surface area contributed by atoms with Gasteiger partial charge in [0.1, 0.15) is 29.2 Å². The van der Waals surface area contributed by atoms with Crippen LogP contribution >= 0.6 is 50.8 Å². The number of hydrogen-bond acceptors (Lipinski definition) is 11. The Hall–Kier alpha value is -1.97. The highest BCUT2D eigenvalue weighted by molar-refractivity contribution is 9.09. The predicted octanol–water partition coefficient (Wildman–Crippen LogP) is 0.644. The molecular formula is C16H16BrN5O6S3. The second kappa shape index (κ2) is 10.1. The number of aliphatic carboxylic acids is 1. The lowest BCUT2D eigenvalue weighted by Gasteiger charge is -2.49. The number of oxime groups is 1. The first kappa shape index (κ1) is 23.7. The molecule has 2 atom stereocenters. The average molecular weight is 550 g/mol. The minimum absolute atomic E-state index is 0.0877. The van der Waals surface area contributed by atoms with Gasteiger partial charge in [-0.05, 0) is 12.5 Å². The molecule has 0 aromatic carbocycles. The number of rotatable bonds is 9. The van der Waals surface area contributed by atoms with Crippen LogP contribution in [0.3, 0.4) is 0 Å². The fourth-order valence-electron chi connectivity index (χ4n) is 2.86. The van der Waals surface area contributed by atoms with Gasteiger partial charge in [-0.3, -0.25) is 19.3 Å². The zero-order valence-electron chi connectivity index (χ0n) is 16.2. The molecule has 1 aromatic heterocycles. The standard InChI is InChI=1S/C16H16BrN5O6S3/c1-6-19-20-16(31-6)30-5-7-4-29-14-10(13(25)22(14)11(7)15(26)27)18-12(24)9(21-28-2)8(23)3-17/h10,14H,3-5H2,1-2H3,(H,18,24)(H,26,27)/b21-9-/t10-,14-/m1/s1. The van der Waals surface area contributed by atoms with Gasteiger partial charge in [-0.15, -0.1) is 22.0 Å². The van der Waals surface area contributed by atoms with Crippen molar-refractivity contribution in [2.45, 2.75) is 22.7 Å². The number of aryl methyl sites for hydroxylation is 1. The first-order valence-corrected chi connectivity index (χ1v) is 12.6. The Morgan fingerprint density at radius 3 is 2.74 bits per heavy atom. The molecule has 2 amide bonds. The van der Waals surface area contributed by atoms with Gasteiger partial charge in [-0.2, -0.15) is 0 Å². The zero-order valence-corrected chi connectivity index (χ0v) is 20.2. The lowest BCUT2D eigenvalue weighted by Crippen LogP contribution is -2.71. The Morgan fingerprint density at radius 2 is 2.16 bits per heavy atom. The van der Waals surface area contributed by atoms with E-state index in [-0.39, 0.29) is 11.0 Å². The topological polar surface area (TPSA) is 151 Å². The van der Waals surface area contributed by atoms with Crippen molar-refractivity contribution in [2.24, 2.45) is 5.16 Å². The Balaban J connectivity index is 1.74. The third-order valence-electron chi connectivity index (χ3n) is 4.20. The SMILES string of the molecule is CO/N=C(/C(=O)CBr)C(=O)N[C@@H]1C(=O)N2C(C(=O)O)=C(CSc3nnc(C)s3)CS[C@H]12. The molecule has 15 heteroatoms. The fourth-order valence-corrected chi connectivity index (χ4v) is 6.43. The molecule has 2 aliphatic rings. The molecule has 0 radical (unpaired) electrons. The van der Waals surface area contributed by atoms with E-state index in [1.807, 2.05) is 6.92 Å². The molecule has 31 heavy (non-hydrogen) atoms. The number of carbonyl (C=O) groups is 4. The van der Waals surface area contributed by atoms with Crippen LogP contribution in [-0.4, -0.2) is 84.8 Å². The number of carboxylic acids is 1. The summed E-state index contributed by atoms with van der Waals surface area (Å²) < 4.78 is 0.711. The van der Waals surface area contributed by atoms with Crippen LogP contribution in [0.2, 0.25) is 0 Å². The van der Waals surface area contributed by atoms with E-state index in [0.29, 0.717) is 21.4 Å². The highest BCUT2D eigenvalue weighted by Gasteiger charge is 2.54. The van der Waals surface area contributed by atoms with Gasteiger partial charge in [0.25, 0.3) is 11.8 Å². The fraction of sp³-hybridized carbons (Fsp3) is 0.438. The van der Waals surface area contributed by atoms with Crippen LogP contribution in [0.1, 0.15) is 5.01 Å². The molecular weight excluding hydrogens is 534 g/mol. The monoisotopic (exact) mass is 549 g/mol. The number of alkyl halides is 1. The maximum absolute atomic E-state index is 12.7. The molecule has 1 fully saturated rings. The first-order valence-electron chi connectivity index (χ1n) is 8.62. The van der Waals surface area contributed by atoms with E-state index >= 15 is 0 Å². The van der Waals surface area contributed by atoms with Gasteiger partial charge in [0.15, 0.2) is 4.34 Å². The van der Waals surface area contributed by atoms with Gasteiger partial charge < -0.3 is 15.3 Å². The number of thioether (sulfide) groups is 2.